The van der Waals surface area contributed by atoms with E-state index in [1.807, 2.05) is 54.6 Å². The van der Waals surface area contributed by atoms with Gasteiger partial charge < -0.3 is 10.1 Å². The van der Waals surface area contributed by atoms with Crippen LogP contribution in [-0.4, -0.2) is 18.5 Å². The molecule has 1 N–H and O–H groups in total. The molecule has 4 nitrogen and oxygen atoms in total. The minimum absolute atomic E-state index is 0.131. The van der Waals surface area contributed by atoms with E-state index in [-0.39, 0.29) is 5.91 Å². The van der Waals surface area contributed by atoms with Crippen molar-refractivity contribution in [2.45, 2.75) is 18.8 Å². The lowest BCUT2D eigenvalue weighted by atomic mass is 9.76. The molecule has 0 saturated heterocycles. The third-order valence-corrected chi connectivity index (χ3v) is 4.18. The Kier molecular flexibility index (Phi) is 4.47. The molecule has 1 amide bonds. The molecule has 122 valence electrons. The first-order valence-electron chi connectivity index (χ1n) is 7.96. The predicted octanol–water partition coefficient (Wildman–Crippen LogP) is 3.24. The Hall–Kier alpha value is -2.88. The van der Waals surface area contributed by atoms with Gasteiger partial charge in [0.25, 0.3) is 0 Å². The predicted molar refractivity (Wildman–Crippen MR) is 92.7 cm³/mol. The quantitative estimate of drug-likeness (QED) is 0.679. The zero-order valence-corrected chi connectivity index (χ0v) is 13.5. The summed E-state index contributed by atoms with van der Waals surface area (Å²) in [7, 11) is 0. The molecule has 0 aliphatic carbocycles. The number of amides is 1. The van der Waals surface area contributed by atoms with E-state index in [0.717, 1.165) is 16.8 Å². The van der Waals surface area contributed by atoms with E-state index in [1.165, 1.54) is 6.08 Å². The molecule has 2 aromatic carbocycles. The normalized spacial score (nSPS) is 19.1. The van der Waals surface area contributed by atoms with Gasteiger partial charge in [0.05, 0.1) is 12.0 Å². The lowest BCUT2D eigenvalue weighted by Gasteiger charge is -2.24. The van der Waals surface area contributed by atoms with Crippen LogP contribution in [0.3, 0.4) is 0 Å². The molecule has 0 fully saturated rings. The second-order valence-electron chi connectivity index (χ2n) is 5.72. The fraction of sp³-hybridized carbons (Fsp3) is 0.200. The molecule has 2 aromatic rings. The van der Waals surface area contributed by atoms with E-state index < -0.39 is 11.4 Å². The summed E-state index contributed by atoms with van der Waals surface area (Å²) in [5.41, 5.74) is 1.77. The molecule has 1 aliphatic heterocycles. The van der Waals surface area contributed by atoms with Crippen molar-refractivity contribution in [3.05, 3.63) is 77.9 Å². The lowest BCUT2D eigenvalue weighted by Crippen LogP contribution is -2.35. The number of carbonyl (C=O) groups excluding carboxylic acids is 2. The maximum absolute atomic E-state index is 12.8. The molecule has 0 bridgehead atoms. The average molecular weight is 321 g/mol. The van der Waals surface area contributed by atoms with Crippen molar-refractivity contribution in [3.63, 3.8) is 0 Å². The third-order valence-electron chi connectivity index (χ3n) is 4.18. The molecule has 1 atom stereocenters. The summed E-state index contributed by atoms with van der Waals surface area (Å²) in [6.45, 7) is 2.06. The van der Waals surface area contributed by atoms with Gasteiger partial charge in [-0.3, -0.25) is 4.79 Å². The second kappa shape index (κ2) is 6.71. The van der Waals surface area contributed by atoms with E-state index in [9.17, 15) is 9.59 Å². The van der Waals surface area contributed by atoms with Crippen molar-refractivity contribution in [1.82, 2.24) is 0 Å². The number of anilines is 1. The van der Waals surface area contributed by atoms with Crippen molar-refractivity contribution in [2.24, 2.45) is 0 Å². The van der Waals surface area contributed by atoms with E-state index in [2.05, 4.69) is 5.32 Å². The van der Waals surface area contributed by atoms with Gasteiger partial charge in [-0.15, -0.1) is 0 Å². The van der Waals surface area contributed by atoms with Crippen LogP contribution in [0.5, 0.6) is 0 Å². The van der Waals surface area contributed by atoms with Crippen LogP contribution in [0.1, 0.15) is 18.1 Å². The third kappa shape index (κ3) is 2.95. The van der Waals surface area contributed by atoms with Gasteiger partial charge in [-0.05, 0) is 30.5 Å². The number of hydrogen-bond donors (Lipinski definition) is 1. The number of nitrogens with one attached hydrogen (secondary N) is 1. The van der Waals surface area contributed by atoms with Gasteiger partial charge in [-0.1, -0.05) is 54.6 Å². The summed E-state index contributed by atoms with van der Waals surface area (Å²) in [5, 5.41) is 2.92. The lowest BCUT2D eigenvalue weighted by molar-refractivity contribution is -0.137. The van der Waals surface area contributed by atoms with Gasteiger partial charge in [-0.2, -0.15) is 0 Å². The zero-order chi connectivity index (χ0) is 17.0. The van der Waals surface area contributed by atoms with Crippen LogP contribution in [0.15, 0.2) is 66.7 Å². The maximum Gasteiger partial charge on any atom is 0.330 e. The molecule has 0 radical (unpaired) electrons. The summed E-state index contributed by atoms with van der Waals surface area (Å²) in [6.07, 6.45) is 3.50. The summed E-state index contributed by atoms with van der Waals surface area (Å²) in [4.78, 5) is 24.6. The van der Waals surface area contributed by atoms with Crippen LogP contribution in [0.4, 0.5) is 5.69 Å². The summed E-state index contributed by atoms with van der Waals surface area (Å²) in [5.74, 6) is -0.574. The summed E-state index contributed by atoms with van der Waals surface area (Å²) < 4.78 is 4.96. The Morgan fingerprint density at radius 1 is 1.12 bits per heavy atom. The minimum Gasteiger partial charge on any atom is -0.463 e. The van der Waals surface area contributed by atoms with E-state index in [0.29, 0.717) is 13.0 Å². The van der Waals surface area contributed by atoms with Crippen molar-refractivity contribution < 1.29 is 14.3 Å². The zero-order valence-electron chi connectivity index (χ0n) is 13.5. The largest absolute Gasteiger partial charge is 0.463 e. The van der Waals surface area contributed by atoms with E-state index in [1.54, 1.807) is 13.0 Å². The summed E-state index contributed by atoms with van der Waals surface area (Å²) >= 11 is 0. The molecule has 4 heteroatoms. The van der Waals surface area contributed by atoms with Crippen LogP contribution < -0.4 is 5.32 Å². The molecular weight excluding hydrogens is 302 g/mol. The standard InChI is InChI=1S/C20H19NO3/c1-2-24-18(22)12-13-20(14-15-8-4-3-5-9-15)16-10-6-7-11-17(16)21-19(20)23/h3-13H,2,14H2,1H3,(H,21,23)/b13-12+. The first kappa shape index (κ1) is 16.0. The number of benzene rings is 2. The van der Waals surface area contributed by atoms with Crippen LogP contribution in [0.2, 0.25) is 0 Å². The van der Waals surface area contributed by atoms with Crippen molar-refractivity contribution in [1.29, 1.82) is 0 Å². The average Bonchev–Trinajstić information content (AvgIpc) is 2.87. The minimum atomic E-state index is -0.912. The first-order chi connectivity index (χ1) is 11.7. The van der Waals surface area contributed by atoms with E-state index in [4.69, 9.17) is 4.74 Å². The van der Waals surface area contributed by atoms with Gasteiger partial charge in [0, 0.05) is 11.8 Å². The van der Waals surface area contributed by atoms with Gasteiger partial charge in [0.1, 0.15) is 0 Å². The summed E-state index contributed by atoms with van der Waals surface area (Å²) in [6, 6.07) is 17.4. The number of carbonyl (C=O) groups is 2. The van der Waals surface area contributed by atoms with E-state index >= 15 is 0 Å². The Labute approximate surface area is 141 Å². The molecule has 1 aliphatic rings. The molecule has 0 aromatic heterocycles. The maximum atomic E-state index is 12.8. The van der Waals surface area contributed by atoms with Gasteiger partial charge >= 0.3 is 5.97 Å². The molecule has 0 saturated carbocycles. The highest BCUT2D eigenvalue weighted by Gasteiger charge is 2.44. The van der Waals surface area contributed by atoms with Gasteiger partial charge in [0.15, 0.2) is 0 Å². The Balaban J connectivity index is 2.04. The first-order valence-corrected chi connectivity index (χ1v) is 7.96. The van der Waals surface area contributed by atoms with Crippen molar-refractivity contribution in [3.8, 4) is 0 Å². The topological polar surface area (TPSA) is 55.4 Å². The Morgan fingerprint density at radius 3 is 2.58 bits per heavy atom. The number of esters is 1. The molecule has 0 spiro atoms. The number of rotatable bonds is 5. The van der Waals surface area contributed by atoms with Crippen LogP contribution in [0.25, 0.3) is 0 Å². The van der Waals surface area contributed by atoms with Gasteiger partial charge in [-0.25, -0.2) is 4.79 Å². The smallest absolute Gasteiger partial charge is 0.330 e. The fourth-order valence-corrected chi connectivity index (χ4v) is 3.06. The SMILES string of the molecule is CCOC(=O)/C=C/C1(Cc2ccccc2)C(=O)Nc2ccccc21. The number of para-hydroxylation sites is 1. The van der Waals surface area contributed by atoms with Crippen LogP contribution in [0, 0.1) is 0 Å². The highest BCUT2D eigenvalue weighted by molar-refractivity contribution is 6.08. The fourth-order valence-electron chi connectivity index (χ4n) is 3.06. The number of ether oxygens (including phenoxy) is 1. The molecule has 1 heterocycles. The number of hydrogen-bond acceptors (Lipinski definition) is 3. The Bertz CT molecular complexity index is 782. The number of fused-ring (bicyclic) bond motifs is 1. The molecule has 1 unspecified atom stereocenters. The Morgan fingerprint density at radius 2 is 1.83 bits per heavy atom. The molecule has 24 heavy (non-hydrogen) atoms. The van der Waals surface area contributed by atoms with Crippen LogP contribution in [-0.2, 0) is 26.2 Å². The van der Waals surface area contributed by atoms with Gasteiger partial charge in [0.2, 0.25) is 5.91 Å². The molecule has 3 rings (SSSR count). The van der Waals surface area contributed by atoms with Crippen molar-refractivity contribution >= 4 is 17.6 Å². The molecular formula is C20H19NO3. The monoisotopic (exact) mass is 321 g/mol. The van der Waals surface area contributed by atoms with Crippen LogP contribution >= 0.6 is 0 Å². The van der Waals surface area contributed by atoms with Crippen molar-refractivity contribution in [2.75, 3.05) is 11.9 Å². The highest BCUT2D eigenvalue weighted by atomic mass is 16.5. The highest BCUT2D eigenvalue weighted by Crippen LogP contribution is 2.41. The second-order valence-corrected chi connectivity index (χ2v) is 5.72.